The maximum Gasteiger partial charge on any atom is 0.503 e. The molecule has 0 atom stereocenters. The zero-order chi connectivity index (χ0) is 35.1. The fraction of sp³-hybridized carbons (Fsp3) is 0. The third kappa shape index (κ3) is 5.40. The average Bonchev–Trinajstić information content (AvgIpc) is 3.84. The van der Waals surface area contributed by atoms with Crippen molar-refractivity contribution in [3.8, 4) is 39.4 Å². The summed E-state index contributed by atoms with van der Waals surface area (Å²) in [5.74, 6) is 1.45. The molecule has 0 bridgehead atoms. The van der Waals surface area contributed by atoms with Crippen LogP contribution < -0.4 is 13.9 Å². The number of rotatable bonds is 7. The Labute approximate surface area is 306 Å². The second kappa shape index (κ2) is 12.8. The molecule has 8 aromatic carbocycles. The van der Waals surface area contributed by atoms with Crippen molar-refractivity contribution in [2.45, 2.75) is 0 Å². The molecule has 0 amide bonds. The largest absolute Gasteiger partial charge is 0.503 e. The molecule has 5 nitrogen and oxygen atoms in total. The van der Waals surface area contributed by atoms with Gasteiger partial charge >= 0.3 is 11.7 Å². The van der Waals surface area contributed by atoms with E-state index in [0.717, 1.165) is 78.5 Å². The number of hydrogen-bond donors (Lipinski definition) is 0. The van der Waals surface area contributed by atoms with E-state index < -0.39 is 0 Å². The maximum atomic E-state index is 6.54. The first kappa shape index (κ1) is 30.5. The van der Waals surface area contributed by atoms with Gasteiger partial charge < -0.3 is 4.74 Å². The molecule has 0 saturated carbocycles. The number of fused-ring (bicyclic) bond motifs is 4. The van der Waals surface area contributed by atoms with Gasteiger partial charge in [-0.1, -0.05) is 115 Å². The molecule has 0 aliphatic carbocycles. The van der Waals surface area contributed by atoms with Gasteiger partial charge in [-0.3, -0.25) is 0 Å². The Balaban J connectivity index is 1.14. The maximum absolute atomic E-state index is 6.54. The van der Waals surface area contributed by atoms with Crippen LogP contribution in [0.3, 0.4) is 0 Å². The van der Waals surface area contributed by atoms with Gasteiger partial charge in [0.2, 0.25) is 11.4 Å². The zero-order valence-electron chi connectivity index (χ0n) is 28.7. The summed E-state index contributed by atoms with van der Waals surface area (Å²) in [6.07, 6.45) is 1.89. The van der Waals surface area contributed by atoms with E-state index in [1.165, 1.54) is 5.39 Å². The summed E-state index contributed by atoms with van der Waals surface area (Å²) in [5, 5.41) is 8.06. The van der Waals surface area contributed by atoms with Crippen molar-refractivity contribution in [1.29, 1.82) is 0 Å². The van der Waals surface area contributed by atoms with E-state index in [2.05, 4.69) is 160 Å². The Morgan fingerprint density at radius 3 is 1.91 bits per heavy atom. The zero-order valence-corrected chi connectivity index (χ0v) is 28.7. The Morgan fingerprint density at radius 2 is 1.13 bits per heavy atom. The lowest BCUT2D eigenvalue weighted by Crippen LogP contribution is -2.05. The lowest BCUT2D eigenvalue weighted by molar-refractivity contribution is 0.482. The lowest BCUT2D eigenvalue weighted by atomic mass is 9.95. The van der Waals surface area contributed by atoms with Crippen LogP contribution in [0.2, 0.25) is 0 Å². The Morgan fingerprint density at radius 1 is 0.491 bits per heavy atom. The molecular weight excluding hydrogens is 649 g/mol. The Hall–Kier alpha value is -7.33. The van der Waals surface area contributed by atoms with Crippen molar-refractivity contribution >= 4 is 50.4 Å². The first-order valence-electron chi connectivity index (χ1n) is 17.7. The monoisotopic (exact) mass is 680 g/mol. The van der Waals surface area contributed by atoms with Crippen LogP contribution in [0.5, 0.6) is 11.5 Å². The van der Waals surface area contributed by atoms with E-state index in [4.69, 9.17) is 4.74 Å². The van der Waals surface area contributed by atoms with Crippen molar-refractivity contribution in [3.05, 3.63) is 194 Å². The van der Waals surface area contributed by atoms with Gasteiger partial charge in [-0.2, -0.15) is 5.10 Å². The third-order valence-electron chi connectivity index (χ3n) is 9.82. The fourth-order valence-corrected chi connectivity index (χ4v) is 7.39. The highest BCUT2D eigenvalue weighted by Crippen LogP contribution is 2.47. The topological polar surface area (TPSA) is 33.1 Å². The standard InChI is InChI=1S/C48H32N4O/c1-3-14-34(15-4-1)42-25-13-26-43(35-16-5-2-6-17-35)47(42)51-33-50(46-29-28-36-18-7-9-24-44(36)48(46)51)38-20-11-22-40(30-38)53-41-23-12-21-39(31-41)52-45-27-10-8-19-37(45)32-49-52/h1-32H/q+2. The minimum atomic E-state index is 0.724. The molecule has 0 saturated heterocycles. The van der Waals surface area contributed by atoms with Crippen LogP contribution in [0.25, 0.3) is 49.6 Å². The van der Waals surface area contributed by atoms with E-state index in [9.17, 15) is 0 Å². The highest BCUT2D eigenvalue weighted by atomic mass is 16.5. The van der Waals surface area contributed by atoms with Gasteiger partial charge in [0, 0.05) is 23.6 Å². The van der Waals surface area contributed by atoms with Gasteiger partial charge in [0.1, 0.15) is 11.5 Å². The van der Waals surface area contributed by atoms with Crippen LogP contribution in [-0.2, 0) is 0 Å². The van der Waals surface area contributed by atoms with E-state index in [1.807, 2.05) is 59.4 Å². The number of para-hydroxylation sites is 2. The molecule has 10 rings (SSSR count). The van der Waals surface area contributed by atoms with Crippen LogP contribution >= 0.6 is 0 Å². The number of hydrogen-bond acceptors (Lipinski definition) is 2. The SMILES string of the molecule is C1=[N+](c2cccc(Oc3cccc(-n4ncc5ccccc54)c3)c2)c2ccc3ccccc3c2[N+]=1c1c(-c2ccccc2)cccc1-c1ccccc1. The minimum absolute atomic E-state index is 0.724. The second-order valence-corrected chi connectivity index (χ2v) is 13.1. The first-order chi connectivity index (χ1) is 26.3. The third-order valence-corrected chi connectivity index (χ3v) is 9.82. The molecule has 0 fully saturated rings. The van der Waals surface area contributed by atoms with Crippen LogP contribution in [0.4, 0.5) is 22.7 Å². The van der Waals surface area contributed by atoms with Crippen molar-refractivity contribution in [3.63, 3.8) is 0 Å². The molecular formula is C48H32N4O+2. The molecule has 248 valence electrons. The number of ether oxygens (including phenoxy) is 1. The highest BCUT2D eigenvalue weighted by Gasteiger charge is 2.41. The van der Waals surface area contributed by atoms with Crippen LogP contribution in [0.1, 0.15) is 0 Å². The highest BCUT2D eigenvalue weighted by molar-refractivity contribution is 6.06. The molecule has 0 radical (unpaired) electrons. The molecule has 5 heteroatoms. The molecule has 1 aliphatic heterocycles. The number of aromatic nitrogens is 2. The summed E-state index contributed by atoms with van der Waals surface area (Å²) in [6, 6.07) is 69.1. The fourth-order valence-electron chi connectivity index (χ4n) is 7.39. The van der Waals surface area contributed by atoms with Crippen LogP contribution in [-0.4, -0.2) is 15.8 Å². The quantitative estimate of drug-likeness (QED) is 0.157. The van der Waals surface area contributed by atoms with E-state index >= 15 is 0 Å². The normalized spacial score (nSPS) is 12.1. The molecule has 53 heavy (non-hydrogen) atoms. The molecule has 9 aromatic rings. The van der Waals surface area contributed by atoms with Gasteiger partial charge in [0.05, 0.1) is 40.0 Å². The van der Waals surface area contributed by atoms with E-state index in [-0.39, 0.29) is 0 Å². The summed E-state index contributed by atoms with van der Waals surface area (Å²) in [7, 11) is 0. The Bertz CT molecular complexity index is 2850. The van der Waals surface area contributed by atoms with E-state index in [0.29, 0.717) is 0 Å². The predicted octanol–water partition coefficient (Wildman–Crippen LogP) is 12.2. The van der Waals surface area contributed by atoms with Gasteiger partial charge in [-0.05, 0) is 74.2 Å². The lowest BCUT2D eigenvalue weighted by Gasteiger charge is -2.11. The van der Waals surface area contributed by atoms with E-state index in [1.54, 1.807) is 0 Å². The summed E-state index contributed by atoms with van der Waals surface area (Å²) >= 11 is 0. The predicted molar refractivity (Wildman–Crippen MR) is 217 cm³/mol. The molecule has 2 heterocycles. The number of nitrogens with zero attached hydrogens (tertiary/aromatic N) is 4. The summed E-state index contributed by atoms with van der Waals surface area (Å²) in [5.41, 5.74) is 10.6. The molecule has 0 spiro atoms. The van der Waals surface area contributed by atoms with Gasteiger partial charge in [0.25, 0.3) is 5.69 Å². The second-order valence-electron chi connectivity index (χ2n) is 13.1. The van der Waals surface area contributed by atoms with Crippen LogP contribution in [0.15, 0.2) is 194 Å². The van der Waals surface area contributed by atoms with Gasteiger partial charge in [0.15, 0.2) is 0 Å². The molecule has 0 unspecified atom stereocenters. The van der Waals surface area contributed by atoms with Gasteiger partial charge in [-0.25, -0.2) is 4.68 Å². The van der Waals surface area contributed by atoms with Crippen LogP contribution in [0, 0.1) is 0 Å². The summed E-state index contributed by atoms with van der Waals surface area (Å²) in [4.78, 5) is 0. The summed E-state index contributed by atoms with van der Waals surface area (Å²) in [6.45, 7) is 0. The average molecular weight is 681 g/mol. The first-order valence-corrected chi connectivity index (χ1v) is 17.7. The van der Waals surface area contributed by atoms with Crippen molar-refractivity contribution in [2.75, 3.05) is 0 Å². The van der Waals surface area contributed by atoms with Gasteiger partial charge in [-0.15, -0.1) is 0 Å². The van der Waals surface area contributed by atoms with Crippen molar-refractivity contribution < 1.29 is 4.74 Å². The summed E-state index contributed by atoms with van der Waals surface area (Å²) < 4.78 is 12.9. The van der Waals surface area contributed by atoms with Crippen molar-refractivity contribution in [1.82, 2.24) is 18.9 Å². The smallest absolute Gasteiger partial charge is 0.457 e. The number of benzene rings is 8. The Kier molecular flexibility index (Phi) is 7.35. The molecule has 1 aromatic heterocycles. The molecule has 1 aliphatic rings. The minimum Gasteiger partial charge on any atom is -0.457 e. The molecule has 0 N–H and O–H groups in total. The van der Waals surface area contributed by atoms with Crippen molar-refractivity contribution in [2.24, 2.45) is 0 Å².